The molecule has 0 aliphatic rings. The summed E-state index contributed by atoms with van der Waals surface area (Å²) in [5.74, 6) is 1.12. The van der Waals surface area contributed by atoms with E-state index < -0.39 is 0 Å². The lowest BCUT2D eigenvalue weighted by atomic mass is 10.2. The van der Waals surface area contributed by atoms with Gasteiger partial charge in [0.2, 0.25) is 5.88 Å². The maximum absolute atomic E-state index is 5.95. The zero-order valence-corrected chi connectivity index (χ0v) is 10.2. The standard InChI is InChI=1S/C13H15N3O/c1-8-5-4-6-11(12(8)14)17-13-10(3)15-7-9(2)16-13/h4-7H,14H2,1-3H3. The van der Waals surface area contributed by atoms with Crippen LogP contribution in [0.4, 0.5) is 5.69 Å². The van der Waals surface area contributed by atoms with E-state index in [1.165, 1.54) is 0 Å². The van der Waals surface area contributed by atoms with Crippen molar-refractivity contribution in [2.45, 2.75) is 20.8 Å². The molecule has 0 aliphatic carbocycles. The Balaban J connectivity index is 2.38. The molecule has 0 spiro atoms. The van der Waals surface area contributed by atoms with Gasteiger partial charge in [-0.3, -0.25) is 4.98 Å². The van der Waals surface area contributed by atoms with Crippen molar-refractivity contribution in [2.24, 2.45) is 0 Å². The van der Waals surface area contributed by atoms with E-state index in [-0.39, 0.29) is 0 Å². The molecule has 0 atom stereocenters. The number of ether oxygens (including phenoxy) is 1. The van der Waals surface area contributed by atoms with Crippen molar-refractivity contribution in [3.63, 3.8) is 0 Å². The number of hydrogen-bond donors (Lipinski definition) is 1. The molecule has 1 heterocycles. The Morgan fingerprint density at radius 3 is 2.71 bits per heavy atom. The van der Waals surface area contributed by atoms with Gasteiger partial charge in [0.15, 0.2) is 5.75 Å². The Morgan fingerprint density at radius 1 is 1.18 bits per heavy atom. The molecule has 2 aromatic rings. The van der Waals surface area contributed by atoms with E-state index in [9.17, 15) is 0 Å². The molecule has 1 aromatic heterocycles. The summed E-state index contributed by atoms with van der Waals surface area (Å²) >= 11 is 0. The van der Waals surface area contributed by atoms with Gasteiger partial charge >= 0.3 is 0 Å². The molecule has 0 radical (unpaired) electrons. The van der Waals surface area contributed by atoms with Crippen LogP contribution in [-0.4, -0.2) is 9.97 Å². The van der Waals surface area contributed by atoms with Gasteiger partial charge in [0.25, 0.3) is 0 Å². The first-order valence-corrected chi connectivity index (χ1v) is 5.41. The minimum atomic E-state index is 0.502. The number of para-hydroxylation sites is 1. The summed E-state index contributed by atoms with van der Waals surface area (Å²) in [6.45, 7) is 5.67. The number of aryl methyl sites for hydroxylation is 3. The smallest absolute Gasteiger partial charge is 0.241 e. The van der Waals surface area contributed by atoms with Crippen LogP contribution >= 0.6 is 0 Å². The molecule has 1 aromatic carbocycles. The number of anilines is 1. The lowest BCUT2D eigenvalue weighted by Gasteiger charge is -2.10. The molecule has 17 heavy (non-hydrogen) atoms. The van der Waals surface area contributed by atoms with Crippen molar-refractivity contribution in [1.82, 2.24) is 9.97 Å². The summed E-state index contributed by atoms with van der Waals surface area (Å²) in [5.41, 5.74) is 9.13. The second-order valence-electron chi connectivity index (χ2n) is 3.99. The molecule has 0 bridgehead atoms. The minimum Gasteiger partial charge on any atom is -0.435 e. The van der Waals surface area contributed by atoms with Crippen LogP contribution in [0.5, 0.6) is 11.6 Å². The zero-order valence-electron chi connectivity index (χ0n) is 10.2. The van der Waals surface area contributed by atoms with Crippen molar-refractivity contribution in [3.8, 4) is 11.6 Å². The summed E-state index contributed by atoms with van der Waals surface area (Å²) < 4.78 is 5.70. The third-order valence-corrected chi connectivity index (χ3v) is 2.52. The predicted octanol–water partition coefficient (Wildman–Crippen LogP) is 2.78. The molecule has 4 heteroatoms. The highest BCUT2D eigenvalue weighted by atomic mass is 16.5. The molecule has 0 amide bonds. The first kappa shape index (κ1) is 11.4. The van der Waals surface area contributed by atoms with Crippen LogP contribution in [0.3, 0.4) is 0 Å². The predicted molar refractivity (Wildman–Crippen MR) is 67.2 cm³/mol. The van der Waals surface area contributed by atoms with E-state index in [0.717, 1.165) is 17.0 Å². The van der Waals surface area contributed by atoms with Crippen LogP contribution in [0.15, 0.2) is 24.4 Å². The van der Waals surface area contributed by atoms with Crippen molar-refractivity contribution < 1.29 is 4.74 Å². The van der Waals surface area contributed by atoms with E-state index in [0.29, 0.717) is 17.3 Å². The summed E-state index contributed by atoms with van der Waals surface area (Å²) in [6.07, 6.45) is 1.71. The summed E-state index contributed by atoms with van der Waals surface area (Å²) in [6, 6.07) is 5.67. The molecular formula is C13H15N3O. The number of benzene rings is 1. The Morgan fingerprint density at radius 2 is 1.94 bits per heavy atom. The first-order valence-electron chi connectivity index (χ1n) is 5.41. The Labute approximate surface area is 100 Å². The second-order valence-corrected chi connectivity index (χ2v) is 3.99. The Bertz CT molecular complexity index is 552. The highest BCUT2D eigenvalue weighted by Crippen LogP contribution is 2.29. The molecule has 4 nitrogen and oxygen atoms in total. The van der Waals surface area contributed by atoms with Gasteiger partial charge in [0.1, 0.15) is 0 Å². The molecule has 0 aliphatic heterocycles. The zero-order chi connectivity index (χ0) is 12.4. The molecule has 2 N–H and O–H groups in total. The van der Waals surface area contributed by atoms with Gasteiger partial charge in [-0.2, -0.15) is 0 Å². The number of nitrogens with two attached hydrogens (primary N) is 1. The van der Waals surface area contributed by atoms with E-state index >= 15 is 0 Å². The largest absolute Gasteiger partial charge is 0.435 e. The average Bonchev–Trinajstić information content (AvgIpc) is 2.30. The number of aromatic nitrogens is 2. The second kappa shape index (κ2) is 4.41. The maximum Gasteiger partial charge on any atom is 0.241 e. The molecule has 0 saturated heterocycles. The molecule has 0 unspecified atom stereocenters. The summed E-state index contributed by atoms with van der Waals surface area (Å²) in [7, 11) is 0. The fourth-order valence-electron chi connectivity index (χ4n) is 1.46. The lowest BCUT2D eigenvalue weighted by molar-refractivity contribution is 0.455. The third-order valence-electron chi connectivity index (χ3n) is 2.52. The van der Waals surface area contributed by atoms with Crippen molar-refractivity contribution in [1.29, 1.82) is 0 Å². The SMILES string of the molecule is Cc1cnc(C)c(Oc2cccc(C)c2N)n1. The van der Waals surface area contributed by atoms with Gasteiger partial charge < -0.3 is 10.5 Å². The highest BCUT2D eigenvalue weighted by Gasteiger charge is 2.08. The number of nitrogen functional groups attached to an aromatic ring is 1. The Hall–Kier alpha value is -2.10. The Kier molecular flexibility index (Phi) is 2.95. The first-order chi connectivity index (χ1) is 8.08. The van der Waals surface area contributed by atoms with Crippen LogP contribution in [0.2, 0.25) is 0 Å². The molecular weight excluding hydrogens is 214 g/mol. The number of nitrogens with zero attached hydrogens (tertiary/aromatic N) is 2. The summed E-state index contributed by atoms with van der Waals surface area (Å²) in [5, 5.41) is 0. The van der Waals surface area contributed by atoms with Gasteiger partial charge in [0.05, 0.1) is 17.1 Å². The van der Waals surface area contributed by atoms with E-state index in [4.69, 9.17) is 10.5 Å². The van der Waals surface area contributed by atoms with Crippen LogP contribution in [0.1, 0.15) is 17.0 Å². The van der Waals surface area contributed by atoms with Crippen LogP contribution in [0.25, 0.3) is 0 Å². The minimum absolute atomic E-state index is 0.502. The normalized spacial score (nSPS) is 10.3. The van der Waals surface area contributed by atoms with Gasteiger partial charge in [-0.25, -0.2) is 4.98 Å². The molecule has 2 rings (SSSR count). The van der Waals surface area contributed by atoms with Crippen LogP contribution in [-0.2, 0) is 0 Å². The number of rotatable bonds is 2. The van der Waals surface area contributed by atoms with E-state index in [2.05, 4.69) is 9.97 Å². The van der Waals surface area contributed by atoms with Crippen LogP contribution in [0, 0.1) is 20.8 Å². The van der Waals surface area contributed by atoms with Gasteiger partial charge in [0, 0.05) is 6.20 Å². The van der Waals surface area contributed by atoms with Gasteiger partial charge in [-0.15, -0.1) is 0 Å². The summed E-state index contributed by atoms with van der Waals surface area (Å²) in [4.78, 5) is 8.50. The van der Waals surface area contributed by atoms with Gasteiger partial charge in [-0.05, 0) is 32.4 Å². The van der Waals surface area contributed by atoms with Crippen molar-refractivity contribution in [2.75, 3.05) is 5.73 Å². The fraction of sp³-hybridized carbons (Fsp3) is 0.231. The van der Waals surface area contributed by atoms with Crippen LogP contribution < -0.4 is 10.5 Å². The van der Waals surface area contributed by atoms with Crippen molar-refractivity contribution in [3.05, 3.63) is 41.3 Å². The molecule has 0 fully saturated rings. The molecule has 88 valence electrons. The molecule has 0 saturated carbocycles. The quantitative estimate of drug-likeness (QED) is 0.804. The van der Waals surface area contributed by atoms with E-state index in [1.54, 1.807) is 6.20 Å². The average molecular weight is 229 g/mol. The highest BCUT2D eigenvalue weighted by molar-refractivity contribution is 5.58. The lowest BCUT2D eigenvalue weighted by Crippen LogP contribution is -1.99. The van der Waals surface area contributed by atoms with Gasteiger partial charge in [-0.1, -0.05) is 12.1 Å². The van der Waals surface area contributed by atoms with Crippen molar-refractivity contribution >= 4 is 5.69 Å². The maximum atomic E-state index is 5.95. The third kappa shape index (κ3) is 2.36. The number of hydrogen-bond acceptors (Lipinski definition) is 4. The van der Waals surface area contributed by atoms with E-state index in [1.807, 2.05) is 39.0 Å². The monoisotopic (exact) mass is 229 g/mol. The fourth-order valence-corrected chi connectivity index (χ4v) is 1.46. The topological polar surface area (TPSA) is 61.0 Å².